The minimum absolute atomic E-state index is 0.00204. The summed E-state index contributed by atoms with van der Waals surface area (Å²) in [6, 6.07) is 9.16. The number of benzene rings is 1. The van der Waals surface area contributed by atoms with Gasteiger partial charge in [-0.25, -0.2) is 23.5 Å². The SMILES string of the molecule is O=c1n(-c2ccccc2)c(=O)n2n1[C@H]1C=C[C@H]2[C@@]23C=C[C@]12CCCCC3. The molecule has 3 heterocycles. The number of rotatable bonds is 1. The van der Waals surface area contributed by atoms with Crippen molar-refractivity contribution in [1.29, 1.82) is 0 Å². The molecule has 2 bridgehead atoms. The molecule has 0 amide bonds. The van der Waals surface area contributed by atoms with Gasteiger partial charge >= 0.3 is 11.4 Å². The van der Waals surface area contributed by atoms with Crippen LogP contribution in [0.4, 0.5) is 0 Å². The van der Waals surface area contributed by atoms with Crippen LogP contribution in [0.15, 0.2) is 64.2 Å². The summed E-state index contributed by atoms with van der Waals surface area (Å²) in [5, 5.41) is 0. The van der Waals surface area contributed by atoms with Crippen molar-refractivity contribution in [3.05, 3.63) is 75.6 Å². The molecule has 3 aliphatic carbocycles. The molecule has 26 heavy (non-hydrogen) atoms. The third-order valence-corrected chi connectivity index (χ3v) is 7.30. The molecule has 5 heteroatoms. The second kappa shape index (κ2) is 4.58. The maximum absolute atomic E-state index is 13.3. The maximum Gasteiger partial charge on any atom is 0.352 e. The van der Waals surface area contributed by atoms with Gasteiger partial charge in [0.05, 0.1) is 17.8 Å². The molecular formula is C21H21N3O2. The average molecular weight is 347 g/mol. The number of aromatic nitrogens is 3. The van der Waals surface area contributed by atoms with E-state index in [9.17, 15) is 9.59 Å². The van der Waals surface area contributed by atoms with Gasteiger partial charge in [-0.1, -0.05) is 61.8 Å². The Balaban J connectivity index is 1.65. The summed E-state index contributed by atoms with van der Waals surface area (Å²) in [5.74, 6) is 0. The smallest absolute Gasteiger partial charge is 0.245 e. The lowest BCUT2D eigenvalue weighted by Gasteiger charge is -2.64. The lowest BCUT2D eigenvalue weighted by atomic mass is 9.44. The summed E-state index contributed by atoms with van der Waals surface area (Å²) < 4.78 is 4.82. The lowest BCUT2D eigenvalue weighted by molar-refractivity contribution is -0.0552. The van der Waals surface area contributed by atoms with Crippen LogP contribution in [0, 0.1) is 10.8 Å². The van der Waals surface area contributed by atoms with E-state index in [0.29, 0.717) is 5.69 Å². The summed E-state index contributed by atoms with van der Waals surface area (Å²) in [7, 11) is 0. The second-order valence-electron chi connectivity index (χ2n) is 8.17. The number of nitrogens with zero attached hydrogens (tertiary/aromatic N) is 3. The molecular weight excluding hydrogens is 326 g/mol. The third kappa shape index (κ3) is 1.38. The summed E-state index contributed by atoms with van der Waals surface area (Å²) in [6.45, 7) is 0. The lowest BCUT2D eigenvalue weighted by Crippen LogP contribution is -2.63. The number of hydrogen-bond acceptors (Lipinski definition) is 2. The van der Waals surface area contributed by atoms with Crippen LogP contribution in [0.3, 0.4) is 0 Å². The molecule has 0 saturated heterocycles. The Bertz CT molecular complexity index is 1020. The zero-order valence-electron chi connectivity index (χ0n) is 14.5. The van der Waals surface area contributed by atoms with Crippen LogP contribution in [0.5, 0.6) is 0 Å². The summed E-state index contributed by atoms with van der Waals surface area (Å²) in [5.41, 5.74) is 0.220. The number of para-hydroxylation sites is 1. The van der Waals surface area contributed by atoms with Crippen molar-refractivity contribution in [2.75, 3.05) is 0 Å². The van der Waals surface area contributed by atoms with E-state index in [1.165, 1.54) is 23.8 Å². The van der Waals surface area contributed by atoms with Gasteiger partial charge in [0.15, 0.2) is 0 Å². The monoisotopic (exact) mass is 347 g/mol. The van der Waals surface area contributed by atoms with Crippen molar-refractivity contribution < 1.29 is 0 Å². The quantitative estimate of drug-likeness (QED) is 0.745. The van der Waals surface area contributed by atoms with Crippen LogP contribution >= 0.6 is 0 Å². The third-order valence-electron chi connectivity index (χ3n) is 7.30. The first-order valence-corrected chi connectivity index (χ1v) is 9.60. The standard InChI is InChI=1S/C21H21N3O2/c25-18-22(15-7-3-1-4-8-15)19(26)24-17-10-9-16(23(18)24)20-11-5-2-6-12-21(17,20)14-13-20/h1,3-4,7-10,13-14,16-17H,2,5-6,11-12H2/t16-,17-,20+,21+/m0/s1. The molecule has 1 aromatic carbocycles. The van der Waals surface area contributed by atoms with Gasteiger partial charge in [0.1, 0.15) is 0 Å². The zero-order valence-corrected chi connectivity index (χ0v) is 14.5. The Morgan fingerprint density at radius 1 is 0.769 bits per heavy atom. The first kappa shape index (κ1) is 14.6. The van der Waals surface area contributed by atoms with Crippen molar-refractivity contribution in [2.45, 2.75) is 44.2 Å². The minimum Gasteiger partial charge on any atom is -0.245 e. The van der Waals surface area contributed by atoms with Crippen LogP contribution in [0.1, 0.15) is 44.2 Å². The predicted octanol–water partition coefficient (Wildman–Crippen LogP) is 2.97. The van der Waals surface area contributed by atoms with Gasteiger partial charge in [0, 0.05) is 10.8 Å². The van der Waals surface area contributed by atoms with Gasteiger partial charge in [-0.15, -0.1) is 0 Å². The van der Waals surface area contributed by atoms with Crippen LogP contribution in [0.2, 0.25) is 0 Å². The molecule has 0 spiro atoms. The highest BCUT2D eigenvalue weighted by Crippen LogP contribution is 2.71. The highest BCUT2D eigenvalue weighted by molar-refractivity contribution is 5.41. The fraction of sp³-hybridized carbons (Fsp3) is 0.429. The van der Waals surface area contributed by atoms with Gasteiger partial charge in [-0.05, 0) is 25.0 Å². The summed E-state index contributed by atoms with van der Waals surface area (Å²) in [6.07, 6.45) is 14.9. The molecule has 2 aliphatic heterocycles. The van der Waals surface area contributed by atoms with Gasteiger partial charge in [-0.3, -0.25) is 0 Å². The fourth-order valence-electron chi connectivity index (χ4n) is 6.13. The molecule has 1 fully saturated rings. The fourth-order valence-corrected chi connectivity index (χ4v) is 6.13. The van der Waals surface area contributed by atoms with E-state index in [1.54, 1.807) is 9.36 Å². The van der Waals surface area contributed by atoms with Gasteiger partial charge in [0.25, 0.3) is 0 Å². The molecule has 1 aromatic heterocycles. The Labute approximate surface area is 150 Å². The molecule has 2 aromatic rings. The van der Waals surface area contributed by atoms with Crippen LogP contribution in [-0.2, 0) is 0 Å². The largest absolute Gasteiger partial charge is 0.352 e. The highest BCUT2D eigenvalue weighted by Gasteiger charge is 2.67. The van der Waals surface area contributed by atoms with Gasteiger partial charge in [-0.2, -0.15) is 0 Å². The van der Waals surface area contributed by atoms with E-state index in [4.69, 9.17) is 0 Å². The molecule has 5 nitrogen and oxygen atoms in total. The molecule has 4 atom stereocenters. The van der Waals surface area contributed by atoms with E-state index in [2.05, 4.69) is 24.3 Å². The van der Waals surface area contributed by atoms with Crippen molar-refractivity contribution in [1.82, 2.24) is 13.9 Å². The predicted molar refractivity (Wildman–Crippen MR) is 98.6 cm³/mol. The van der Waals surface area contributed by atoms with Crippen LogP contribution in [0.25, 0.3) is 5.69 Å². The number of allylic oxidation sites excluding steroid dienone is 4. The molecule has 0 unspecified atom stereocenters. The normalized spacial score (nSPS) is 36.0. The Kier molecular flexibility index (Phi) is 2.57. The summed E-state index contributed by atoms with van der Waals surface area (Å²) in [4.78, 5) is 26.6. The molecule has 7 rings (SSSR count). The Morgan fingerprint density at radius 3 is 1.81 bits per heavy atom. The molecule has 5 aliphatic rings. The maximum atomic E-state index is 13.3. The van der Waals surface area contributed by atoms with E-state index in [-0.39, 0.29) is 34.3 Å². The average Bonchev–Trinajstić information content (AvgIpc) is 2.82. The van der Waals surface area contributed by atoms with Crippen molar-refractivity contribution in [3.63, 3.8) is 0 Å². The first-order valence-electron chi connectivity index (χ1n) is 9.60. The van der Waals surface area contributed by atoms with Crippen LogP contribution in [-0.4, -0.2) is 13.9 Å². The van der Waals surface area contributed by atoms with Crippen LogP contribution < -0.4 is 11.4 Å². The number of hydrogen-bond donors (Lipinski definition) is 0. The molecule has 132 valence electrons. The van der Waals surface area contributed by atoms with E-state index < -0.39 is 0 Å². The topological polar surface area (TPSA) is 48.9 Å². The summed E-state index contributed by atoms with van der Waals surface area (Å²) >= 11 is 0. The molecule has 0 N–H and O–H groups in total. The Morgan fingerprint density at radius 2 is 1.31 bits per heavy atom. The van der Waals surface area contributed by atoms with E-state index >= 15 is 0 Å². The molecule has 1 saturated carbocycles. The molecule has 0 radical (unpaired) electrons. The van der Waals surface area contributed by atoms with Gasteiger partial charge < -0.3 is 0 Å². The van der Waals surface area contributed by atoms with E-state index in [1.807, 2.05) is 30.3 Å². The minimum atomic E-state index is -0.215. The highest BCUT2D eigenvalue weighted by atomic mass is 16.2. The first-order chi connectivity index (χ1) is 12.7. The zero-order chi connectivity index (χ0) is 17.5. The van der Waals surface area contributed by atoms with Crippen molar-refractivity contribution >= 4 is 0 Å². The second-order valence-corrected chi connectivity index (χ2v) is 8.17. The Hall–Kier alpha value is -2.56. The van der Waals surface area contributed by atoms with E-state index in [0.717, 1.165) is 12.8 Å². The van der Waals surface area contributed by atoms with Gasteiger partial charge in [0.2, 0.25) is 0 Å². The van der Waals surface area contributed by atoms with Crippen molar-refractivity contribution in [3.8, 4) is 5.69 Å². The van der Waals surface area contributed by atoms with Crippen molar-refractivity contribution in [2.24, 2.45) is 10.8 Å².